The topological polar surface area (TPSA) is 88.8 Å². The fraction of sp³-hybridized carbons (Fsp3) is 0.143. The molecule has 0 aliphatic heterocycles. The first-order valence-electron chi connectivity index (χ1n) is 3.38. The molecule has 1 aromatic carbocycles. The van der Waals surface area contributed by atoms with Gasteiger partial charge in [0.1, 0.15) is 0 Å². The van der Waals surface area contributed by atoms with Gasteiger partial charge in [-0.05, 0) is 6.07 Å². The number of rotatable bonds is 2. The van der Waals surface area contributed by atoms with E-state index in [0.717, 1.165) is 0 Å². The number of nitrogens with one attached hydrogen (secondary N) is 1. The normalized spacial score (nSPS) is 12.8. The lowest BCUT2D eigenvalue weighted by atomic mass is 10.2. The second-order valence-corrected chi connectivity index (χ2v) is 2.38. The summed E-state index contributed by atoms with van der Waals surface area (Å²) in [5.41, 5.74) is 12.2. The Morgan fingerprint density at radius 1 is 1.25 bits per heavy atom. The maximum Gasteiger partial charge on any atom is 0.168 e. The average molecular weight is 169 g/mol. The maximum absolute atomic E-state index is 11.0. The minimum atomic E-state index is -0.436. The molecule has 0 amide bonds. The molecule has 1 aromatic rings. The largest absolute Gasteiger partial charge is 0.595 e. The SMILES string of the molecule is CO[NH+]([O-])c1cc(N)cc(N)c1. The zero-order chi connectivity index (χ0) is 9.14. The summed E-state index contributed by atoms with van der Waals surface area (Å²) in [6.45, 7) is 0. The minimum absolute atomic E-state index is 0.370. The average Bonchev–Trinajstić information content (AvgIpc) is 2.01. The van der Waals surface area contributed by atoms with Crippen LogP contribution >= 0.6 is 0 Å². The Morgan fingerprint density at radius 3 is 2.17 bits per heavy atom. The molecule has 5 heteroatoms. The molecule has 5 nitrogen and oxygen atoms in total. The summed E-state index contributed by atoms with van der Waals surface area (Å²) in [4.78, 5) is 4.50. The van der Waals surface area contributed by atoms with Gasteiger partial charge in [-0.2, -0.15) is 5.23 Å². The molecule has 0 fully saturated rings. The molecule has 1 atom stereocenters. The van der Waals surface area contributed by atoms with Crippen LogP contribution in [0.2, 0.25) is 0 Å². The highest BCUT2D eigenvalue weighted by Crippen LogP contribution is 2.14. The Bertz CT molecular complexity index is 257. The van der Waals surface area contributed by atoms with Gasteiger partial charge in [-0.15, -0.1) is 0 Å². The number of hydrogen-bond acceptors (Lipinski definition) is 4. The molecule has 0 saturated heterocycles. The van der Waals surface area contributed by atoms with Gasteiger partial charge in [0.25, 0.3) is 0 Å². The lowest BCUT2D eigenvalue weighted by molar-refractivity contribution is -0.992. The second-order valence-electron chi connectivity index (χ2n) is 2.38. The van der Waals surface area contributed by atoms with E-state index in [-0.39, 0.29) is 0 Å². The van der Waals surface area contributed by atoms with Crippen molar-refractivity contribution in [2.24, 2.45) is 0 Å². The van der Waals surface area contributed by atoms with E-state index in [2.05, 4.69) is 4.84 Å². The van der Waals surface area contributed by atoms with E-state index in [1.807, 2.05) is 0 Å². The summed E-state index contributed by atoms with van der Waals surface area (Å²) in [5, 5.41) is 10.5. The highest BCUT2D eigenvalue weighted by atomic mass is 16.9. The van der Waals surface area contributed by atoms with Crippen LogP contribution in [0.1, 0.15) is 0 Å². The van der Waals surface area contributed by atoms with Crippen LogP contribution in [0.3, 0.4) is 0 Å². The summed E-state index contributed by atoms with van der Waals surface area (Å²) >= 11 is 0. The predicted octanol–water partition coefficient (Wildman–Crippen LogP) is -0.573. The third-order valence-electron chi connectivity index (χ3n) is 1.40. The van der Waals surface area contributed by atoms with E-state index in [0.29, 0.717) is 17.1 Å². The molecule has 1 unspecified atom stereocenters. The summed E-state index contributed by atoms with van der Waals surface area (Å²) in [5.74, 6) is 0. The standard InChI is InChI=1S/C7H11N3O2/c1-12-10(11)7-3-5(8)2-6(9)4-7/h2-4,10H,8-9H2,1H3. The van der Waals surface area contributed by atoms with Crippen molar-refractivity contribution in [1.82, 2.24) is 0 Å². The Kier molecular flexibility index (Phi) is 2.49. The van der Waals surface area contributed by atoms with Gasteiger partial charge in [0.05, 0.1) is 7.11 Å². The first kappa shape index (κ1) is 8.79. The number of nitrogen functional groups attached to an aromatic ring is 2. The van der Waals surface area contributed by atoms with Gasteiger partial charge >= 0.3 is 0 Å². The Balaban J connectivity index is 3.00. The molecule has 1 rings (SSSR count). The van der Waals surface area contributed by atoms with E-state index in [1.54, 1.807) is 6.07 Å². The van der Waals surface area contributed by atoms with Gasteiger partial charge in [-0.3, -0.25) is 0 Å². The van der Waals surface area contributed by atoms with Gasteiger partial charge in [-0.25, -0.2) is 4.84 Å². The maximum atomic E-state index is 11.0. The number of anilines is 2. The van der Waals surface area contributed by atoms with Crippen molar-refractivity contribution >= 4 is 17.1 Å². The van der Waals surface area contributed by atoms with Crippen LogP contribution in [-0.4, -0.2) is 7.11 Å². The highest BCUT2D eigenvalue weighted by Gasteiger charge is 2.03. The van der Waals surface area contributed by atoms with E-state index in [4.69, 9.17) is 11.5 Å². The van der Waals surface area contributed by atoms with Gasteiger partial charge in [0.15, 0.2) is 5.69 Å². The fourth-order valence-corrected chi connectivity index (χ4v) is 0.912. The van der Waals surface area contributed by atoms with Crippen LogP contribution in [-0.2, 0) is 4.84 Å². The molecule has 0 saturated carbocycles. The van der Waals surface area contributed by atoms with Gasteiger partial charge in [0, 0.05) is 23.5 Å². The van der Waals surface area contributed by atoms with E-state index in [1.165, 1.54) is 19.2 Å². The first-order valence-corrected chi connectivity index (χ1v) is 3.38. The van der Waals surface area contributed by atoms with Gasteiger partial charge in [-0.1, -0.05) is 0 Å². The predicted molar refractivity (Wildman–Crippen MR) is 46.3 cm³/mol. The van der Waals surface area contributed by atoms with Crippen molar-refractivity contribution in [3.05, 3.63) is 23.4 Å². The summed E-state index contributed by atoms with van der Waals surface area (Å²) in [7, 11) is 1.31. The molecule has 0 bridgehead atoms. The van der Waals surface area contributed by atoms with Crippen LogP contribution in [0, 0.1) is 5.21 Å². The van der Waals surface area contributed by atoms with Crippen molar-refractivity contribution in [2.75, 3.05) is 18.6 Å². The van der Waals surface area contributed by atoms with Crippen molar-refractivity contribution in [3.63, 3.8) is 0 Å². The summed E-state index contributed by atoms with van der Waals surface area (Å²) in [6.07, 6.45) is 0. The third-order valence-corrected chi connectivity index (χ3v) is 1.40. The highest BCUT2D eigenvalue weighted by molar-refractivity contribution is 5.58. The number of hydrogen-bond donors (Lipinski definition) is 3. The zero-order valence-electron chi connectivity index (χ0n) is 6.70. The minimum Gasteiger partial charge on any atom is -0.595 e. The lowest BCUT2D eigenvalue weighted by Crippen LogP contribution is -3.00. The zero-order valence-corrected chi connectivity index (χ0v) is 6.70. The van der Waals surface area contributed by atoms with Crippen LogP contribution < -0.4 is 16.7 Å². The Hall–Kier alpha value is -1.30. The fourth-order valence-electron chi connectivity index (χ4n) is 0.912. The number of nitrogens with two attached hydrogens (primary N) is 2. The van der Waals surface area contributed by atoms with E-state index < -0.39 is 5.23 Å². The molecule has 0 aliphatic rings. The number of quaternary nitrogens is 1. The second kappa shape index (κ2) is 3.40. The monoisotopic (exact) mass is 169 g/mol. The smallest absolute Gasteiger partial charge is 0.168 e. The molecule has 0 aromatic heterocycles. The number of benzene rings is 1. The molecule has 0 heterocycles. The van der Waals surface area contributed by atoms with Crippen LogP contribution in [0.25, 0.3) is 0 Å². The first-order chi connectivity index (χ1) is 5.63. The van der Waals surface area contributed by atoms with Crippen molar-refractivity contribution in [2.45, 2.75) is 0 Å². The lowest BCUT2D eigenvalue weighted by Gasteiger charge is -2.17. The molecular formula is C7H11N3O2. The Labute approximate surface area is 70.1 Å². The molecule has 12 heavy (non-hydrogen) atoms. The van der Waals surface area contributed by atoms with E-state index in [9.17, 15) is 5.21 Å². The molecule has 0 radical (unpaired) electrons. The Morgan fingerprint density at radius 2 is 1.75 bits per heavy atom. The van der Waals surface area contributed by atoms with Crippen LogP contribution in [0.4, 0.5) is 17.1 Å². The summed E-state index contributed by atoms with van der Waals surface area (Å²) in [6, 6.07) is 4.61. The molecule has 0 aliphatic carbocycles. The van der Waals surface area contributed by atoms with Crippen LogP contribution in [0.5, 0.6) is 0 Å². The molecule has 5 N–H and O–H groups in total. The summed E-state index contributed by atoms with van der Waals surface area (Å²) < 4.78 is 0. The molecule has 0 spiro atoms. The van der Waals surface area contributed by atoms with Gasteiger partial charge in [0.2, 0.25) is 0 Å². The van der Waals surface area contributed by atoms with Gasteiger partial charge < -0.3 is 16.7 Å². The van der Waals surface area contributed by atoms with Crippen molar-refractivity contribution in [1.29, 1.82) is 0 Å². The van der Waals surface area contributed by atoms with Crippen molar-refractivity contribution in [3.8, 4) is 0 Å². The van der Waals surface area contributed by atoms with Crippen LogP contribution in [0.15, 0.2) is 18.2 Å². The third kappa shape index (κ3) is 1.85. The molecular weight excluding hydrogens is 158 g/mol. The quantitative estimate of drug-likeness (QED) is 0.408. The van der Waals surface area contributed by atoms with Crippen molar-refractivity contribution < 1.29 is 10.1 Å². The molecule has 66 valence electrons. The van der Waals surface area contributed by atoms with E-state index >= 15 is 0 Å².